The first kappa shape index (κ1) is 35.1. The number of hydrogen-bond donors (Lipinski definition) is 0. The second-order valence-electron chi connectivity index (χ2n) is 7.76. The number of rotatable bonds is 25. The molecule has 39 heavy (non-hydrogen) atoms. The van der Waals surface area contributed by atoms with Crippen molar-refractivity contribution in [2.75, 3.05) is 92.5 Å². The minimum atomic E-state index is -2.34. The van der Waals surface area contributed by atoms with E-state index in [2.05, 4.69) is 11.7 Å². The first-order valence-corrected chi connectivity index (χ1v) is 12.7. The third-order valence-corrected chi connectivity index (χ3v) is 4.71. The van der Waals surface area contributed by atoms with Crippen molar-refractivity contribution in [3.63, 3.8) is 0 Å². The third kappa shape index (κ3) is 16.0. The van der Waals surface area contributed by atoms with E-state index >= 15 is 0 Å². The molecule has 0 unspecified atom stereocenters. The Labute approximate surface area is 224 Å². The van der Waals surface area contributed by atoms with Gasteiger partial charge in [-0.25, -0.2) is 13.2 Å². The predicted molar refractivity (Wildman–Crippen MR) is 127 cm³/mol. The van der Waals surface area contributed by atoms with Gasteiger partial charge in [0.05, 0.1) is 92.3 Å². The van der Waals surface area contributed by atoms with Gasteiger partial charge in [-0.15, -0.1) is 0 Å². The highest BCUT2D eigenvalue weighted by Crippen LogP contribution is 2.29. The Kier molecular flexibility index (Phi) is 20.5. The van der Waals surface area contributed by atoms with Crippen molar-refractivity contribution in [3.05, 3.63) is 29.1 Å². The number of ether oxygens (including phenoxy) is 8. The Bertz CT molecular complexity index is 773. The summed E-state index contributed by atoms with van der Waals surface area (Å²) in [4.78, 5) is 11.6. The molecular weight excluding hydrogens is 539 g/mol. The smallest absolute Gasteiger partial charge is 0.313 e. The van der Waals surface area contributed by atoms with Crippen LogP contribution in [0.15, 0.2) is 0 Å². The summed E-state index contributed by atoms with van der Waals surface area (Å²) < 4.78 is 108. The van der Waals surface area contributed by atoms with Crippen LogP contribution in [0.5, 0.6) is 5.75 Å². The maximum absolute atomic E-state index is 13.5. The van der Waals surface area contributed by atoms with Gasteiger partial charge in [0.1, 0.15) is 0 Å². The average Bonchev–Trinajstić information content (AvgIpc) is 2.93. The Balaban J connectivity index is 1.86. The molecule has 0 bridgehead atoms. The topological polar surface area (TPSA) is 90.9 Å². The maximum Gasteiger partial charge on any atom is 0.313 e. The molecule has 0 aliphatic rings. The van der Waals surface area contributed by atoms with E-state index in [1.54, 1.807) is 0 Å². The van der Waals surface area contributed by atoms with Gasteiger partial charge in [0.15, 0.2) is 0 Å². The number of hydrogen-bond acceptors (Lipinski definition) is 9. The van der Waals surface area contributed by atoms with E-state index in [1.165, 1.54) is 0 Å². The average molecular weight is 577 g/mol. The lowest BCUT2D eigenvalue weighted by Gasteiger charge is -2.09. The van der Waals surface area contributed by atoms with Gasteiger partial charge >= 0.3 is 5.97 Å². The van der Waals surface area contributed by atoms with Gasteiger partial charge in [-0.1, -0.05) is 13.3 Å². The summed E-state index contributed by atoms with van der Waals surface area (Å²) in [7, 11) is 0. The van der Waals surface area contributed by atoms with Gasteiger partial charge in [0.25, 0.3) is 0 Å². The fourth-order valence-electron chi connectivity index (χ4n) is 2.66. The molecule has 1 aromatic carbocycles. The minimum Gasteiger partial charge on any atom is -0.420 e. The second-order valence-corrected chi connectivity index (χ2v) is 7.76. The standard InChI is InChI=1S/C25H37F5O9/c1-2-3-5-32-7-9-34-11-13-36-15-17-38-18-16-37-14-12-35-10-8-33-6-4-19(31)39-25-23(29)21(27)20(26)22(28)24(25)30/h2-18H2,1H3. The number of unbranched alkanes of at least 4 members (excludes halogenated alkanes) is 1. The van der Waals surface area contributed by atoms with Crippen molar-refractivity contribution in [2.24, 2.45) is 0 Å². The lowest BCUT2D eigenvalue weighted by Crippen LogP contribution is -2.16. The number of carbonyl (C=O) groups is 1. The van der Waals surface area contributed by atoms with E-state index in [1.807, 2.05) is 0 Å². The molecule has 0 spiro atoms. The van der Waals surface area contributed by atoms with Crippen LogP contribution in [0.1, 0.15) is 26.2 Å². The Hall–Kier alpha value is -1.94. The highest BCUT2D eigenvalue weighted by molar-refractivity contribution is 5.72. The SMILES string of the molecule is CCCCOCCOCCOCCOCCOCCOCCOCCC(=O)Oc1c(F)c(F)c(F)c(F)c1F. The molecule has 0 atom stereocenters. The third-order valence-electron chi connectivity index (χ3n) is 4.71. The molecule has 0 aliphatic carbocycles. The molecule has 0 saturated heterocycles. The lowest BCUT2D eigenvalue weighted by atomic mass is 10.2. The van der Waals surface area contributed by atoms with Crippen LogP contribution in [0.2, 0.25) is 0 Å². The van der Waals surface area contributed by atoms with Crippen LogP contribution in [0.4, 0.5) is 22.0 Å². The Morgan fingerprint density at radius 3 is 1.15 bits per heavy atom. The van der Waals surface area contributed by atoms with Crippen LogP contribution < -0.4 is 4.74 Å². The summed E-state index contributed by atoms with van der Waals surface area (Å²) >= 11 is 0. The number of esters is 1. The predicted octanol–water partition coefficient (Wildman–Crippen LogP) is 3.59. The Morgan fingerprint density at radius 2 is 0.795 bits per heavy atom. The van der Waals surface area contributed by atoms with Crippen LogP contribution in [0.3, 0.4) is 0 Å². The molecule has 226 valence electrons. The van der Waals surface area contributed by atoms with Crippen LogP contribution in [-0.2, 0) is 38.0 Å². The van der Waals surface area contributed by atoms with E-state index in [4.69, 9.17) is 33.2 Å². The normalized spacial score (nSPS) is 11.3. The summed E-state index contributed by atoms with van der Waals surface area (Å²) in [6.07, 6.45) is 1.69. The maximum atomic E-state index is 13.5. The highest BCUT2D eigenvalue weighted by atomic mass is 19.2. The molecule has 0 aliphatic heterocycles. The van der Waals surface area contributed by atoms with Crippen LogP contribution >= 0.6 is 0 Å². The van der Waals surface area contributed by atoms with Crippen LogP contribution in [-0.4, -0.2) is 98.5 Å². The Morgan fingerprint density at radius 1 is 0.487 bits per heavy atom. The van der Waals surface area contributed by atoms with E-state index in [0.717, 1.165) is 19.4 Å². The zero-order valence-corrected chi connectivity index (χ0v) is 22.1. The fraction of sp³-hybridized carbons (Fsp3) is 0.720. The van der Waals surface area contributed by atoms with Gasteiger partial charge in [0, 0.05) is 6.61 Å². The molecule has 1 rings (SSSR count). The van der Waals surface area contributed by atoms with Crippen molar-refractivity contribution in [3.8, 4) is 5.75 Å². The largest absolute Gasteiger partial charge is 0.420 e. The zero-order valence-electron chi connectivity index (χ0n) is 22.1. The van der Waals surface area contributed by atoms with E-state index < -0.39 is 47.2 Å². The number of benzene rings is 1. The highest BCUT2D eigenvalue weighted by Gasteiger charge is 2.28. The minimum absolute atomic E-state index is 0.0939. The molecule has 0 N–H and O–H groups in total. The van der Waals surface area contributed by atoms with Gasteiger partial charge in [-0.3, -0.25) is 4.79 Å². The molecule has 9 nitrogen and oxygen atoms in total. The second kappa shape index (κ2) is 22.8. The lowest BCUT2D eigenvalue weighted by molar-refractivity contribution is -0.136. The fourth-order valence-corrected chi connectivity index (χ4v) is 2.66. The molecule has 14 heteroatoms. The summed E-state index contributed by atoms with van der Waals surface area (Å²) in [5.74, 6) is -14.1. The molecule has 1 aromatic rings. The molecule has 0 radical (unpaired) electrons. The number of carbonyl (C=O) groups excluding carboxylic acids is 1. The molecule has 0 fully saturated rings. The van der Waals surface area contributed by atoms with Gasteiger partial charge in [-0.05, 0) is 6.42 Å². The first-order chi connectivity index (χ1) is 18.9. The van der Waals surface area contributed by atoms with Crippen molar-refractivity contribution >= 4 is 5.97 Å². The van der Waals surface area contributed by atoms with Crippen molar-refractivity contribution in [2.45, 2.75) is 26.2 Å². The molecule has 0 heterocycles. The van der Waals surface area contributed by atoms with Crippen LogP contribution in [0, 0.1) is 29.1 Å². The van der Waals surface area contributed by atoms with Gasteiger partial charge in [0.2, 0.25) is 34.8 Å². The van der Waals surface area contributed by atoms with E-state index in [9.17, 15) is 26.7 Å². The van der Waals surface area contributed by atoms with Gasteiger partial charge in [-0.2, -0.15) is 8.78 Å². The first-order valence-electron chi connectivity index (χ1n) is 12.7. The van der Waals surface area contributed by atoms with E-state index in [-0.39, 0.29) is 19.8 Å². The van der Waals surface area contributed by atoms with Crippen molar-refractivity contribution < 1.29 is 64.6 Å². The summed E-state index contributed by atoms with van der Waals surface area (Å²) in [5.41, 5.74) is 0. The monoisotopic (exact) mass is 576 g/mol. The number of halogens is 5. The van der Waals surface area contributed by atoms with E-state index in [0.29, 0.717) is 66.1 Å². The zero-order chi connectivity index (χ0) is 28.7. The molecular formula is C25H37F5O9. The summed E-state index contributed by atoms with van der Waals surface area (Å²) in [6.45, 7) is 7.35. The van der Waals surface area contributed by atoms with Crippen molar-refractivity contribution in [1.29, 1.82) is 0 Å². The van der Waals surface area contributed by atoms with Crippen molar-refractivity contribution in [1.82, 2.24) is 0 Å². The van der Waals surface area contributed by atoms with Gasteiger partial charge < -0.3 is 37.9 Å². The van der Waals surface area contributed by atoms with Crippen LogP contribution in [0.25, 0.3) is 0 Å². The summed E-state index contributed by atoms with van der Waals surface area (Å²) in [6, 6.07) is 0. The molecule has 0 saturated carbocycles. The quantitative estimate of drug-likeness (QED) is 0.0433. The molecule has 0 amide bonds. The molecule has 0 aromatic heterocycles. The summed E-state index contributed by atoms with van der Waals surface area (Å²) in [5, 5.41) is 0.